The van der Waals surface area contributed by atoms with Crippen LogP contribution in [0.3, 0.4) is 0 Å². The second kappa shape index (κ2) is 6.54. The molecule has 7 heteroatoms. The number of rotatable bonds is 5. The Balaban J connectivity index is 1.44. The van der Waals surface area contributed by atoms with Crippen LogP contribution in [-0.4, -0.2) is 25.2 Å². The Morgan fingerprint density at radius 3 is 2.83 bits per heavy atom. The van der Waals surface area contributed by atoms with E-state index in [9.17, 15) is 0 Å². The monoisotopic (exact) mass is 327 g/mol. The molecule has 23 heavy (non-hydrogen) atoms. The van der Waals surface area contributed by atoms with Gasteiger partial charge in [-0.1, -0.05) is 54.9 Å². The molecule has 3 aromatic rings. The molecule has 4 rings (SSSR count). The summed E-state index contributed by atoms with van der Waals surface area (Å²) in [6, 6.07) is 10.4. The van der Waals surface area contributed by atoms with Gasteiger partial charge in [-0.15, -0.1) is 5.10 Å². The van der Waals surface area contributed by atoms with E-state index in [1.165, 1.54) is 12.8 Å². The van der Waals surface area contributed by atoms with Gasteiger partial charge >= 0.3 is 0 Å². The van der Waals surface area contributed by atoms with Crippen LogP contribution in [-0.2, 0) is 5.75 Å². The number of benzene rings is 1. The Bertz CT molecular complexity index is 764. The Kier molecular flexibility index (Phi) is 4.10. The molecule has 0 spiro atoms. The lowest BCUT2D eigenvalue weighted by Crippen LogP contribution is -2.08. The zero-order valence-corrected chi connectivity index (χ0v) is 13.4. The lowest BCUT2D eigenvalue weighted by Gasteiger charge is -2.09. The molecule has 1 aliphatic carbocycles. The zero-order chi connectivity index (χ0) is 15.5. The highest BCUT2D eigenvalue weighted by atomic mass is 32.2. The van der Waals surface area contributed by atoms with Crippen LogP contribution >= 0.6 is 11.8 Å². The van der Waals surface area contributed by atoms with E-state index in [2.05, 4.69) is 20.5 Å². The summed E-state index contributed by atoms with van der Waals surface area (Å²) in [6.07, 6.45) is 6.61. The van der Waals surface area contributed by atoms with Crippen molar-refractivity contribution in [3.8, 4) is 11.3 Å². The molecule has 6 nitrogen and oxygen atoms in total. The predicted octanol–water partition coefficient (Wildman–Crippen LogP) is 3.74. The van der Waals surface area contributed by atoms with Crippen LogP contribution in [0, 0.1) is 0 Å². The molecule has 0 saturated heterocycles. The van der Waals surface area contributed by atoms with Gasteiger partial charge in [0.15, 0.2) is 5.76 Å². The minimum absolute atomic E-state index is 0.442. The molecule has 2 heterocycles. The molecule has 1 aromatic carbocycles. The summed E-state index contributed by atoms with van der Waals surface area (Å²) < 4.78 is 7.78. The van der Waals surface area contributed by atoms with Gasteiger partial charge in [-0.05, 0) is 23.3 Å². The zero-order valence-electron chi connectivity index (χ0n) is 12.6. The second-order valence-electron chi connectivity index (χ2n) is 5.62. The van der Waals surface area contributed by atoms with Crippen LogP contribution in [0.4, 0.5) is 0 Å². The van der Waals surface area contributed by atoms with Gasteiger partial charge in [0.2, 0.25) is 11.0 Å². The van der Waals surface area contributed by atoms with Crippen LogP contribution in [0.25, 0.3) is 11.3 Å². The first kappa shape index (κ1) is 14.4. The van der Waals surface area contributed by atoms with Crippen LogP contribution in [0.1, 0.15) is 37.6 Å². The first-order valence-corrected chi connectivity index (χ1v) is 8.79. The fourth-order valence-corrected chi connectivity index (χ4v) is 3.70. The first-order valence-electron chi connectivity index (χ1n) is 7.81. The van der Waals surface area contributed by atoms with E-state index in [0.717, 1.165) is 29.3 Å². The van der Waals surface area contributed by atoms with Crippen molar-refractivity contribution in [3.05, 3.63) is 42.4 Å². The molecule has 0 radical (unpaired) electrons. The highest BCUT2D eigenvalue weighted by Gasteiger charge is 2.22. The molecule has 1 saturated carbocycles. The van der Waals surface area contributed by atoms with E-state index in [1.807, 2.05) is 35.0 Å². The first-order chi connectivity index (χ1) is 11.4. The summed E-state index contributed by atoms with van der Waals surface area (Å²) in [4.78, 5) is 4.35. The van der Waals surface area contributed by atoms with Gasteiger partial charge in [0, 0.05) is 5.56 Å². The summed E-state index contributed by atoms with van der Waals surface area (Å²) in [6.45, 7) is 0. The second-order valence-corrected chi connectivity index (χ2v) is 6.56. The van der Waals surface area contributed by atoms with Crippen molar-refractivity contribution in [2.24, 2.45) is 0 Å². The fraction of sp³-hybridized carbons (Fsp3) is 0.375. The van der Waals surface area contributed by atoms with Gasteiger partial charge in [-0.2, -0.15) is 0 Å². The molecule has 0 bridgehead atoms. The van der Waals surface area contributed by atoms with Crippen molar-refractivity contribution in [2.75, 3.05) is 0 Å². The Morgan fingerprint density at radius 2 is 2.00 bits per heavy atom. The SMILES string of the molecule is c1ccc(-c2cnc(CSc3nnnn3C3CCCC3)o2)cc1. The number of nitrogens with zero attached hydrogens (tertiary/aromatic N) is 5. The molecule has 0 amide bonds. The molecule has 2 aromatic heterocycles. The van der Waals surface area contributed by atoms with E-state index >= 15 is 0 Å². The van der Waals surface area contributed by atoms with Crippen molar-refractivity contribution < 1.29 is 4.42 Å². The van der Waals surface area contributed by atoms with E-state index < -0.39 is 0 Å². The number of tetrazole rings is 1. The third-order valence-electron chi connectivity index (χ3n) is 4.07. The lowest BCUT2D eigenvalue weighted by atomic mass is 10.2. The van der Waals surface area contributed by atoms with Gasteiger partial charge in [-0.25, -0.2) is 9.67 Å². The number of aromatic nitrogens is 5. The van der Waals surface area contributed by atoms with Crippen molar-refractivity contribution >= 4 is 11.8 Å². The summed E-state index contributed by atoms with van der Waals surface area (Å²) in [5.74, 6) is 2.10. The van der Waals surface area contributed by atoms with Gasteiger partial charge < -0.3 is 4.42 Å². The summed E-state index contributed by atoms with van der Waals surface area (Å²) in [7, 11) is 0. The van der Waals surface area contributed by atoms with E-state index in [1.54, 1.807) is 18.0 Å². The Morgan fingerprint density at radius 1 is 1.17 bits per heavy atom. The molecule has 0 unspecified atom stereocenters. The van der Waals surface area contributed by atoms with Gasteiger partial charge in [0.1, 0.15) is 0 Å². The van der Waals surface area contributed by atoms with Crippen molar-refractivity contribution in [2.45, 2.75) is 42.6 Å². The number of thioether (sulfide) groups is 1. The summed E-state index contributed by atoms with van der Waals surface area (Å²) in [5.41, 5.74) is 1.03. The number of oxazole rings is 1. The maximum atomic E-state index is 5.82. The smallest absolute Gasteiger partial charge is 0.210 e. The molecule has 118 valence electrons. The van der Waals surface area contributed by atoms with E-state index in [0.29, 0.717) is 17.7 Å². The van der Waals surface area contributed by atoms with Gasteiger partial charge in [0.25, 0.3) is 0 Å². The van der Waals surface area contributed by atoms with E-state index in [4.69, 9.17) is 4.42 Å². The quantitative estimate of drug-likeness (QED) is 0.665. The topological polar surface area (TPSA) is 69.6 Å². The molecule has 0 atom stereocenters. The molecule has 1 aliphatic rings. The maximum Gasteiger partial charge on any atom is 0.210 e. The molecular formula is C16H17N5OS. The number of hydrogen-bond donors (Lipinski definition) is 0. The van der Waals surface area contributed by atoms with Crippen LogP contribution in [0.5, 0.6) is 0 Å². The number of hydrogen-bond acceptors (Lipinski definition) is 6. The van der Waals surface area contributed by atoms with Crippen LogP contribution in [0.2, 0.25) is 0 Å². The van der Waals surface area contributed by atoms with Gasteiger partial charge in [0.05, 0.1) is 18.0 Å². The third-order valence-corrected chi connectivity index (χ3v) is 4.99. The molecular weight excluding hydrogens is 310 g/mol. The minimum Gasteiger partial charge on any atom is -0.440 e. The van der Waals surface area contributed by atoms with Gasteiger partial charge in [-0.3, -0.25) is 0 Å². The van der Waals surface area contributed by atoms with Crippen molar-refractivity contribution in [1.29, 1.82) is 0 Å². The predicted molar refractivity (Wildman–Crippen MR) is 86.8 cm³/mol. The van der Waals surface area contributed by atoms with E-state index in [-0.39, 0.29) is 0 Å². The minimum atomic E-state index is 0.442. The Hall–Kier alpha value is -2.15. The van der Waals surface area contributed by atoms with Crippen LogP contribution < -0.4 is 0 Å². The third kappa shape index (κ3) is 3.14. The lowest BCUT2D eigenvalue weighted by molar-refractivity contribution is 0.422. The largest absolute Gasteiger partial charge is 0.440 e. The highest BCUT2D eigenvalue weighted by molar-refractivity contribution is 7.98. The average molecular weight is 327 g/mol. The normalized spacial score (nSPS) is 15.3. The van der Waals surface area contributed by atoms with Crippen molar-refractivity contribution in [3.63, 3.8) is 0 Å². The standard InChI is InChI=1S/C16H17N5OS/c1-2-6-12(7-3-1)14-10-17-15(22-14)11-23-16-18-19-20-21(16)13-8-4-5-9-13/h1-3,6-7,10,13H,4-5,8-9,11H2. The average Bonchev–Trinajstić information content (AvgIpc) is 3.33. The molecule has 0 N–H and O–H groups in total. The van der Waals surface area contributed by atoms with Crippen molar-refractivity contribution in [1.82, 2.24) is 25.2 Å². The maximum absolute atomic E-state index is 5.82. The summed E-state index contributed by atoms with van der Waals surface area (Å²) in [5, 5.41) is 12.9. The fourth-order valence-electron chi connectivity index (χ4n) is 2.90. The molecule has 0 aliphatic heterocycles. The summed E-state index contributed by atoms with van der Waals surface area (Å²) >= 11 is 1.57. The highest BCUT2D eigenvalue weighted by Crippen LogP contribution is 2.32. The van der Waals surface area contributed by atoms with Crippen LogP contribution in [0.15, 0.2) is 46.1 Å². The Labute approximate surface area is 138 Å². The molecule has 1 fully saturated rings.